The first-order valence-electron chi connectivity index (χ1n) is 8.18. The minimum atomic E-state index is -4.61. The van der Waals surface area contributed by atoms with Gasteiger partial charge in [0.25, 0.3) is 17.5 Å². The number of hydrogen-bond acceptors (Lipinski definition) is 7. The molecule has 2 N–H and O–H groups in total. The highest BCUT2D eigenvalue weighted by atomic mass is 35.5. The van der Waals surface area contributed by atoms with Crippen molar-refractivity contribution >= 4 is 46.8 Å². The summed E-state index contributed by atoms with van der Waals surface area (Å²) in [5.41, 5.74) is -0.466. The van der Waals surface area contributed by atoms with Crippen molar-refractivity contribution in [2.45, 2.75) is 18.6 Å². The van der Waals surface area contributed by atoms with Crippen LogP contribution in [0.3, 0.4) is 0 Å². The van der Waals surface area contributed by atoms with Crippen molar-refractivity contribution in [3.8, 4) is 0 Å². The highest BCUT2D eigenvalue weighted by Crippen LogP contribution is 2.22. The minimum Gasteiger partial charge on any atom is -0.454 e. The predicted molar refractivity (Wildman–Crippen MR) is 102 cm³/mol. The SMILES string of the molecule is CSCC[C@@H](NC(=O)c1ccc([N+](=O)[O-])cc1Cl)C(=O)OCC(=O)NCC(F)(F)F. The number of amides is 2. The molecule has 0 aliphatic rings. The molecular weight excluding hydrogens is 455 g/mol. The van der Waals surface area contributed by atoms with Gasteiger partial charge in [-0.3, -0.25) is 19.7 Å². The van der Waals surface area contributed by atoms with Crippen molar-refractivity contribution in [2.24, 2.45) is 0 Å². The molecule has 1 aromatic rings. The van der Waals surface area contributed by atoms with Crippen LogP contribution in [0.4, 0.5) is 18.9 Å². The van der Waals surface area contributed by atoms with Crippen LogP contribution in [0.25, 0.3) is 0 Å². The number of hydrogen-bond donors (Lipinski definition) is 2. The van der Waals surface area contributed by atoms with Crippen LogP contribution in [-0.2, 0) is 14.3 Å². The van der Waals surface area contributed by atoms with Crippen molar-refractivity contribution in [1.82, 2.24) is 10.6 Å². The first-order chi connectivity index (χ1) is 13.9. The van der Waals surface area contributed by atoms with E-state index < -0.39 is 48.1 Å². The van der Waals surface area contributed by atoms with Gasteiger partial charge in [0.2, 0.25) is 0 Å². The van der Waals surface area contributed by atoms with Crippen LogP contribution in [0.2, 0.25) is 5.02 Å². The number of ether oxygens (including phenoxy) is 1. The Morgan fingerprint density at radius 2 is 2.00 bits per heavy atom. The summed E-state index contributed by atoms with van der Waals surface area (Å²) in [6.07, 6.45) is -2.78. The highest BCUT2D eigenvalue weighted by molar-refractivity contribution is 7.98. The summed E-state index contributed by atoms with van der Waals surface area (Å²) >= 11 is 7.23. The molecule has 14 heteroatoms. The third-order valence-electron chi connectivity index (χ3n) is 3.44. The minimum absolute atomic E-state index is 0.0977. The Morgan fingerprint density at radius 3 is 2.53 bits per heavy atom. The van der Waals surface area contributed by atoms with E-state index >= 15 is 0 Å². The van der Waals surface area contributed by atoms with Gasteiger partial charge >= 0.3 is 12.1 Å². The van der Waals surface area contributed by atoms with Gasteiger partial charge in [0, 0.05) is 12.1 Å². The second-order valence-electron chi connectivity index (χ2n) is 5.73. The van der Waals surface area contributed by atoms with Crippen molar-refractivity contribution in [1.29, 1.82) is 0 Å². The van der Waals surface area contributed by atoms with Gasteiger partial charge in [-0.15, -0.1) is 0 Å². The summed E-state index contributed by atoms with van der Waals surface area (Å²) < 4.78 is 40.9. The Kier molecular flexibility index (Phi) is 9.85. The molecule has 0 aliphatic heterocycles. The molecule has 30 heavy (non-hydrogen) atoms. The maximum absolute atomic E-state index is 12.4. The molecule has 0 heterocycles. The molecule has 166 valence electrons. The van der Waals surface area contributed by atoms with Crippen molar-refractivity contribution in [2.75, 3.05) is 25.2 Å². The highest BCUT2D eigenvalue weighted by Gasteiger charge is 2.29. The first kappa shape index (κ1) is 25.5. The average Bonchev–Trinajstić information content (AvgIpc) is 2.66. The van der Waals surface area contributed by atoms with E-state index in [9.17, 15) is 37.7 Å². The van der Waals surface area contributed by atoms with Crippen LogP contribution >= 0.6 is 23.4 Å². The topological polar surface area (TPSA) is 128 Å². The number of nitrogens with one attached hydrogen (secondary N) is 2. The standard InChI is InChI=1S/C16H17ClF3N3O6S/c1-30-5-4-12(15(26)29-7-13(24)21-8-16(18,19)20)22-14(25)10-3-2-9(23(27)28)6-11(10)17/h2-3,6,12H,4-5,7-8H2,1H3,(H,21,24)(H,22,25)/t12-/m1/s1. The zero-order valence-corrected chi connectivity index (χ0v) is 17.0. The van der Waals surface area contributed by atoms with Gasteiger partial charge in [0.05, 0.1) is 15.5 Å². The average molecular weight is 472 g/mol. The summed E-state index contributed by atoms with van der Waals surface area (Å²) in [7, 11) is 0. The number of rotatable bonds is 10. The molecule has 0 radical (unpaired) electrons. The first-order valence-corrected chi connectivity index (χ1v) is 9.95. The summed E-state index contributed by atoms with van der Waals surface area (Å²) in [6, 6.07) is 1.92. The summed E-state index contributed by atoms with van der Waals surface area (Å²) in [4.78, 5) is 46.0. The molecule has 2 amide bonds. The third-order valence-corrected chi connectivity index (χ3v) is 4.40. The van der Waals surface area contributed by atoms with Crippen molar-refractivity contribution in [3.05, 3.63) is 38.9 Å². The number of esters is 1. The second kappa shape index (κ2) is 11.6. The fraction of sp³-hybridized carbons (Fsp3) is 0.438. The van der Waals surface area contributed by atoms with E-state index in [0.29, 0.717) is 5.75 Å². The quantitative estimate of drug-likeness (QED) is 0.304. The maximum atomic E-state index is 12.4. The number of halogens is 4. The molecule has 9 nitrogen and oxygen atoms in total. The predicted octanol–water partition coefficient (Wildman–Crippen LogP) is 2.32. The molecule has 0 saturated heterocycles. The van der Waals surface area contributed by atoms with Crippen molar-refractivity contribution < 1.29 is 37.2 Å². The maximum Gasteiger partial charge on any atom is 0.405 e. The molecule has 1 rings (SSSR count). The Bertz CT molecular complexity index is 809. The number of nitrogens with zero attached hydrogens (tertiary/aromatic N) is 1. The second-order valence-corrected chi connectivity index (χ2v) is 7.12. The van der Waals surface area contributed by atoms with Crippen molar-refractivity contribution in [3.63, 3.8) is 0 Å². The number of nitro benzene ring substituents is 1. The number of thioether (sulfide) groups is 1. The van der Waals surface area contributed by atoms with Crippen LogP contribution in [0, 0.1) is 10.1 Å². The molecule has 1 aromatic carbocycles. The molecular formula is C16H17ClF3N3O6S. The molecule has 0 spiro atoms. The zero-order valence-electron chi connectivity index (χ0n) is 15.5. The van der Waals surface area contributed by atoms with Gasteiger partial charge in [-0.05, 0) is 24.5 Å². The zero-order chi connectivity index (χ0) is 22.9. The summed E-state index contributed by atoms with van der Waals surface area (Å²) in [6.45, 7) is -2.53. The van der Waals surface area contributed by atoms with Crippen LogP contribution < -0.4 is 10.6 Å². The lowest BCUT2D eigenvalue weighted by Gasteiger charge is -2.18. The number of nitro groups is 1. The van der Waals surface area contributed by atoms with Crippen LogP contribution in [0.5, 0.6) is 0 Å². The summed E-state index contributed by atoms with van der Waals surface area (Å²) in [5.74, 6) is -2.60. The number of non-ortho nitro benzene ring substituents is 1. The fourth-order valence-electron chi connectivity index (χ4n) is 2.01. The fourth-order valence-corrected chi connectivity index (χ4v) is 2.74. The van der Waals surface area contributed by atoms with Gasteiger partial charge in [-0.25, -0.2) is 4.79 Å². The van der Waals surface area contributed by atoms with E-state index in [4.69, 9.17) is 11.6 Å². The number of carbonyl (C=O) groups excluding carboxylic acids is 3. The number of alkyl halides is 3. The smallest absolute Gasteiger partial charge is 0.405 e. The normalized spacial score (nSPS) is 12.0. The van der Waals surface area contributed by atoms with Gasteiger partial charge in [-0.1, -0.05) is 11.6 Å². The van der Waals surface area contributed by atoms with Gasteiger partial charge in [0.1, 0.15) is 12.6 Å². The van der Waals surface area contributed by atoms with Crippen LogP contribution in [0.1, 0.15) is 16.8 Å². The Labute approximate surface area is 177 Å². The molecule has 0 unspecified atom stereocenters. The monoisotopic (exact) mass is 471 g/mol. The van der Waals surface area contributed by atoms with Crippen LogP contribution in [-0.4, -0.2) is 60.1 Å². The van der Waals surface area contributed by atoms with E-state index in [2.05, 4.69) is 10.1 Å². The Hall–Kier alpha value is -2.54. The molecule has 0 aromatic heterocycles. The number of carbonyl (C=O) groups is 3. The Morgan fingerprint density at radius 1 is 1.33 bits per heavy atom. The van der Waals surface area contributed by atoms with Gasteiger partial charge in [0.15, 0.2) is 6.61 Å². The lowest BCUT2D eigenvalue weighted by molar-refractivity contribution is -0.384. The molecule has 0 fully saturated rings. The molecule has 1 atom stereocenters. The summed E-state index contributed by atoms with van der Waals surface area (Å²) in [5, 5.41) is 14.4. The number of benzene rings is 1. The van der Waals surface area contributed by atoms with E-state index in [0.717, 1.165) is 18.2 Å². The lowest BCUT2D eigenvalue weighted by atomic mass is 10.1. The molecule has 0 saturated carbocycles. The van der Waals surface area contributed by atoms with E-state index in [1.54, 1.807) is 11.6 Å². The molecule has 0 aliphatic carbocycles. The van der Waals surface area contributed by atoms with E-state index in [-0.39, 0.29) is 22.7 Å². The van der Waals surface area contributed by atoms with Gasteiger partial charge < -0.3 is 15.4 Å². The van der Waals surface area contributed by atoms with Crippen LogP contribution in [0.15, 0.2) is 18.2 Å². The van der Waals surface area contributed by atoms with E-state index in [1.165, 1.54) is 11.8 Å². The lowest BCUT2D eigenvalue weighted by Crippen LogP contribution is -2.44. The Balaban J connectivity index is 2.76. The van der Waals surface area contributed by atoms with Gasteiger partial charge in [-0.2, -0.15) is 24.9 Å². The largest absolute Gasteiger partial charge is 0.454 e. The molecule has 0 bridgehead atoms. The van der Waals surface area contributed by atoms with E-state index in [1.807, 2.05) is 0 Å². The third kappa shape index (κ3) is 8.86.